The lowest BCUT2D eigenvalue weighted by atomic mass is 9.91. The molecule has 3 aromatic carbocycles. The monoisotopic (exact) mass is 466 g/mol. The molecule has 3 aromatic rings. The summed E-state index contributed by atoms with van der Waals surface area (Å²) in [5, 5.41) is 12.5. The number of amides is 1. The zero-order valence-electron chi connectivity index (χ0n) is 17.9. The van der Waals surface area contributed by atoms with Gasteiger partial charge in [0.2, 0.25) is 0 Å². The average molecular weight is 467 g/mol. The number of aliphatic imine (C=N–C) groups is 1. The molecule has 164 valence electrons. The number of halogens is 2. The van der Waals surface area contributed by atoms with Gasteiger partial charge in [-0.1, -0.05) is 72.6 Å². The third-order valence-electron chi connectivity index (χ3n) is 5.85. The maximum Gasteiger partial charge on any atom is 0.254 e. The molecule has 3 atom stereocenters. The molecule has 0 bridgehead atoms. The zero-order chi connectivity index (χ0) is 22.8. The van der Waals surface area contributed by atoms with Gasteiger partial charge in [0, 0.05) is 28.2 Å². The number of rotatable bonds is 5. The Morgan fingerprint density at radius 2 is 1.66 bits per heavy atom. The van der Waals surface area contributed by atoms with Crippen LogP contribution in [-0.2, 0) is 11.2 Å². The molecule has 0 fully saturated rings. The second kappa shape index (κ2) is 9.45. The number of carbonyl (C=O) groups is 1. The lowest BCUT2D eigenvalue weighted by Crippen LogP contribution is -2.44. The molecule has 0 radical (unpaired) electrons. The molecule has 1 aliphatic rings. The maximum absolute atomic E-state index is 13.4. The second-order valence-electron chi connectivity index (χ2n) is 8.15. The standard InChI is InChI=1S/C26H24Cl2N2O2/c1-16(14-17-8-10-19(27)11-9-17)25(31)24-26(32)30(2)22-13-12-20(28)15-21(22)23(29-24)18-6-4-3-5-7-18/h3-13,15-16,24-25,31H,14H2,1-2H3/t16-,24+,25-/m0/s1. The van der Waals surface area contributed by atoms with Gasteiger partial charge in [0.1, 0.15) is 0 Å². The Morgan fingerprint density at radius 3 is 2.34 bits per heavy atom. The first-order valence-corrected chi connectivity index (χ1v) is 11.2. The van der Waals surface area contributed by atoms with Gasteiger partial charge in [0.05, 0.1) is 17.5 Å². The molecule has 0 saturated heterocycles. The Bertz CT molecular complexity index is 1150. The number of aliphatic hydroxyl groups excluding tert-OH is 1. The van der Waals surface area contributed by atoms with Crippen molar-refractivity contribution in [1.29, 1.82) is 0 Å². The summed E-state index contributed by atoms with van der Waals surface area (Å²) in [7, 11) is 1.71. The largest absolute Gasteiger partial charge is 0.390 e. The SMILES string of the molecule is C[C@@H](Cc1ccc(Cl)cc1)[C@H](O)[C@H]1N=C(c2ccccc2)c2cc(Cl)ccc2N(C)C1=O. The number of fused-ring (bicyclic) bond motifs is 1. The van der Waals surface area contributed by atoms with Gasteiger partial charge >= 0.3 is 0 Å². The number of nitrogens with zero attached hydrogens (tertiary/aromatic N) is 2. The van der Waals surface area contributed by atoms with Crippen molar-refractivity contribution in [3.63, 3.8) is 0 Å². The van der Waals surface area contributed by atoms with Crippen LogP contribution in [0.25, 0.3) is 0 Å². The molecule has 1 amide bonds. The van der Waals surface area contributed by atoms with E-state index in [-0.39, 0.29) is 11.8 Å². The topological polar surface area (TPSA) is 52.9 Å². The van der Waals surface area contributed by atoms with Gasteiger partial charge in [0.15, 0.2) is 6.04 Å². The predicted molar refractivity (Wildman–Crippen MR) is 131 cm³/mol. The van der Waals surface area contributed by atoms with Gasteiger partial charge in [0.25, 0.3) is 5.91 Å². The minimum absolute atomic E-state index is 0.205. The van der Waals surface area contributed by atoms with Crippen molar-refractivity contribution in [3.05, 3.63) is 99.5 Å². The van der Waals surface area contributed by atoms with Gasteiger partial charge in [-0.05, 0) is 48.2 Å². The highest BCUT2D eigenvalue weighted by atomic mass is 35.5. The van der Waals surface area contributed by atoms with Crippen molar-refractivity contribution in [3.8, 4) is 0 Å². The third kappa shape index (κ3) is 4.58. The summed E-state index contributed by atoms with van der Waals surface area (Å²) in [6.07, 6.45) is -0.370. The van der Waals surface area contributed by atoms with Gasteiger partial charge < -0.3 is 10.0 Å². The van der Waals surface area contributed by atoms with Crippen LogP contribution in [0.4, 0.5) is 5.69 Å². The van der Waals surface area contributed by atoms with Crippen molar-refractivity contribution in [2.75, 3.05) is 11.9 Å². The third-order valence-corrected chi connectivity index (χ3v) is 6.34. The summed E-state index contributed by atoms with van der Waals surface area (Å²) in [5.41, 5.74) is 4.02. The molecular formula is C26H24Cl2N2O2. The fraction of sp³-hybridized carbons (Fsp3) is 0.231. The van der Waals surface area contributed by atoms with Crippen molar-refractivity contribution < 1.29 is 9.90 Å². The summed E-state index contributed by atoms with van der Waals surface area (Å²) in [6.45, 7) is 1.93. The summed E-state index contributed by atoms with van der Waals surface area (Å²) >= 11 is 12.3. The maximum atomic E-state index is 13.4. The number of hydrogen-bond acceptors (Lipinski definition) is 3. The molecule has 1 aliphatic heterocycles. The zero-order valence-corrected chi connectivity index (χ0v) is 19.4. The quantitative estimate of drug-likeness (QED) is 0.545. The van der Waals surface area contributed by atoms with Crippen LogP contribution < -0.4 is 4.90 Å². The van der Waals surface area contributed by atoms with E-state index in [9.17, 15) is 9.90 Å². The number of benzodiazepines with no additional fused rings is 1. The number of hydrogen-bond donors (Lipinski definition) is 1. The van der Waals surface area contributed by atoms with Crippen LogP contribution in [0.5, 0.6) is 0 Å². The first-order valence-electron chi connectivity index (χ1n) is 10.5. The molecule has 1 N–H and O–H groups in total. The van der Waals surface area contributed by atoms with E-state index in [2.05, 4.69) is 0 Å². The predicted octanol–water partition coefficient (Wildman–Crippen LogP) is 5.42. The summed E-state index contributed by atoms with van der Waals surface area (Å²) in [4.78, 5) is 19.8. The molecule has 4 nitrogen and oxygen atoms in total. The summed E-state index contributed by atoms with van der Waals surface area (Å²) in [5.74, 6) is -0.459. The van der Waals surface area contributed by atoms with E-state index in [1.54, 1.807) is 18.0 Å². The van der Waals surface area contributed by atoms with E-state index in [0.717, 1.165) is 16.7 Å². The van der Waals surface area contributed by atoms with Crippen LogP contribution in [0.2, 0.25) is 10.0 Å². The van der Waals surface area contributed by atoms with Crippen LogP contribution in [-0.4, -0.2) is 35.9 Å². The second-order valence-corrected chi connectivity index (χ2v) is 9.02. The van der Waals surface area contributed by atoms with E-state index < -0.39 is 12.1 Å². The smallest absolute Gasteiger partial charge is 0.254 e. The number of anilines is 1. The fourth-order valence-corrected chi connectivity index (χ4v) is 4.34. The average Bonchev–Trinajstić information content (AvgIpc) is 2.90. The number of likely N-dealkylation sites (N-methyl/N-ethyl adjacent to an activating group) is 1. The van der Waals surface area contributed by atoms with Crippen molar-refractivity contribution in [1.82, 2.24) is 0 Å². The van der Waals surface area contributed by atoms with Crippen LogP contribution >= 0.6 is 23.2 Å². The van der Waals surface area contributed by atoms with E-state index in [1.165, 1.54) is 0 Å². The highest BCUT2D eigenvalue weighted by Gasteiger charge is 2.37. The Hall–Kier alpha value is -2.66. The number of benzene rings is 3. The van der Waals surface area contributed by atoms with Crippen molar-refractivity contribution >= 4 is 40.5 Å². The Balaban J connectivity index is 1.75. The number of carbonyl (C=O) groups excluding carboxylic acids is 1. The highest BCUT2D eigenvalue weighted by Crippen LogP contribution is 2.32. The van der Waals surface area contributed by atoms with Gasteiger partial charge in [-0.3, -0.25) is 9.79 Å². The highest BCUT2D eigenvalue weighted by molar-refractivity contribution is 6.32. The Labute approximate surface area is 198 Å². The molecule has 0 unspecified atom stereocenters. The van der Waals surface area contributed by atoms with Gasteiger partial charge in [-0.2, -0.15) is 0 Å². The lowest BCUT2D eigenvalue weighted by molar-refractivity contribution is -0.122. The van der Waals surface area contributed by atoms with Gasteiger partial charge in [-0.25, -0.2) is 0 Å². The molecular weight excluding hydrogens is 443 g/mol. The van der Waals surface area contributed by atoms with E-state index in [4.69, 9.17) is 28.2 Å². The van der Waals surface area contributed by atoms with Crippen LogP contribution in [0.15, 0.2) is 77.8 Å². The van der Waals surface area contributed by atoms with E-state index in [1.807, 2.05) is 73.7 Å². The minimum atomic E-state index is -0.968. The van der Waals surface area contributed by atoms with Crippen molar-refractivity contribution in [2.24, 2.45) is 10.9 Å². The fourth-order valence-electron chi connectivity index (χ4n) is 4.04. The minimum Gasteiger partial charge on any atom is -0.390 e. The summed E-state index contributed by atoms with van der Waals surface area (Å²) in [6, 6.07) is 21.6. The molecule has 0 aromatic heterocycles. The Kier molecular flexibility index (Phi) is 6.66. The first-order chi connectivity index (χ1) is 15.3. The van der Waals surface area contributed by atoms with Gasteiger partial charge in [-0.15, -0.1) is 0 Å². The Morgan fingerprint density at radius 1 is 1.00 bits per heavy atom. The van der Waals surface area contributed by atoms with E-state index >= 15 is 0 Å². The lowest BCUT2D eigenvalue weighted by Gasteiger charge is -2.27. The van der Waals surface area contributed by atoms with Crippen LogP contribution in [0.1, 0.15) is 23.6 Å². The van der Waals surface area contributed by atoms with E-state index in [0.29, 0.717) is 27.9 Å². The number of aliphatic hydroxyl groups is 1. The normalized spacial score (nSPS) is 17.9. The molecule has 0 spiro atoms. The molecule has 1 heterocycles. The first kappa shape index (κ1) is 22.5. The molecule has 0 saturated carbocycles. The molecule has 6 heteroatoms. The van der Waals surface area contributed by atoms with Crippen LogP contribution in [0, 0.1) is 5.92 Å². The molecule has 0 aliphatic carbocycles. The van der Waals surface area contributed by atoms with Crippen molar-refractivity contribution in [2.45, 2.75) is 25.5 Å². The molecule has 4 rings (SSSR count). The summed E-state index contributed by atoms with van der Waals surface area (Å²) < 4.78 is 0. The molecule has 32 heavy (non-hydrogen) atoms. The van der Waals surface area contributed by atoms with Crippen LogP contribution in [0.3, 0.4) is 0 Å².